The molecule has 0 aromatic carbocycles. The number of alkyl halides is 1. The molecule has 0 aliphatic carbocycles. The Kier molecular flexibility index (Phi) is 7.09. The van der Waals surface area contributed by atoms with Gasteiger partial charge in [-0.1, -0.05) is 13.3 Å². The molecular weight excluding hydrogens is 214 g/mol. The second-order valence-corrected chi connectivity index (χ2v) is 5.74. The lowest BCUT2D eigenvalue weighted by atomic mass is 10.2. The molecule has 0 spiro atoms. The van der Waals surface area contributed by atoms with E-state index in [1.807, 2.05) is 0 Å². The van der Waals surface area contributed by atoms with Crippen molar-refractivity contribution in [2.45, 2.75) is 37.9 Å². The van der Waals surface area contributed by atoms with Crippen molar-refractivity contribution < 1.29 is 0 Å². The van der Waals surface area contributed by atoms with Crippen LogP contribution in [-0.2, 0) is 0 Å². The smallest absolute Gasteiger partial charge is 0.0223 e. The number of thioether (sulfide) groups is 1. The molecule has 0 aromatic rings. The van der Waals surface area contributed by atoms with Crippen molar-refractivity contribution in [3.8, 4) is 0 Å². The maximum absolute atomic E-state index is 5.65. The maximum Gasteiger partial charge on any atom is 0.0223 e. The van der Waals surface area contributed by atoms with Gasteiger partial charge in [-0.15, -0.1) is 11.6 Å². The molecule has 0 aromatic heterocycles. The Bertz CT molecular complexity index is 143. The van der Waals surface area contributed by atoms with E-state index in [1.165, 1.54) is 51.1 Å². The third kappa shape index (κ3) is 4.90. The first-order valence-corrected chi connectivity index (χ1v) is 7.35. The van der Waals surface area contributed by atoms with Crippen molar-refractivity contribution >= 4 is 23.4 Å². The lowest BCUT2D eigenvalue weighted by Crippen LogP contribution is -2.38. The van der Waals surface area contributed by atoms with Crippen LogP contribution in [0.25, 0.3) is 0 Å². The highest BCUT2D eigenvalue weighted by Gasteiger charge is 2.17. The van der Waals surface area contributed by atoms with Gasteiger partial charge in [0.25, 0.3) is 0 Å². The minimum Gasteiger partial charge on any atom is -0.301 e. The van der Waals surface area contributed by atoms with Gasteiger partial charge in [0.15, 0.2) is 0 Å². The molecular formula is C11H22ClNS. The zero-order valence-electron chi connectivity index (χ0n) is 9.17. The van der Waals surface area contributed by atoms with Gasteiger partial charge >= 0.3 is 0 Å². The molecule has 0 saturated carbocycles. The summed E-state index contributed by atoms with van der Waals surface area (Å²) >= 11 is 7.80. The fourth-order valence-corrected chi connectivity index (χ4v) is 3.28. The molecule has 0 bridgehead atoms. The second kappa shape index (κ2) is 7.84. The Morgan fingerprint density at radius 1 is 1.36 bits per heavy atom. The molecule has 1 heterocycles. The van der Waals surface area contributed by atoms with E-state index in [0.29, 0.717) is 0 Å². The average Bonchev–Trinajstić information content (AvgIpc) is 2.25. The van der Waals surface area contributed by atoms with E-state index >= 15 is 0 Å². The van der Waals surface area contributed by atoms with E-state index in [1.54, 1.807) is 0 Å². The first-order chi connectivity index (χ1) is 6.86. The standard InChI is InChI=1S/C11H22ClNS/c1-2-11-10-13(8-9-14-11)7-5-3-4-6-12/h11H,2-10H2,1H3. The predicted molar refractivity (Wildman–Crippen MR) is 67.5 cm³/mol. The average molecular weight is 236 g/mol. The van der Waals surface area contributed by atoms with E-state index in [9.17, 15) is 0 Å². The zero-order chi connectivity index (χ0) is 10.2. The SMILES string of the molecule is CCC1CN(CCCCCCl)CCS1. The number of unbranched alkanes of at least 4 members (excludes halogenated alkanes) is 2. The van der Waals surface area contributed by atoms with E-state index in [0.717, 1.165) is 11.1 Å². The van der Waals surface area contributed by atoms with Gasteiger partial charge in [0.1, 0.15) is 0 Å². The van der Waals surface area contributed by atoms with Crippen molar-refractivity contribution in [1.29, 1.82) is 0 Å². The number of rotatable bonds is 6. The highest BCUT2D eigenvalue weighted by molar-refractivity contribution is 8.00. The highest BCUT2D eigenvalue weighted by atomic mass is 35.5. The zero-order valence-corrected chi connectivity index (χ0v) is 10.7. The minimum atomic E-state index is 0.827. The third-order valence-electron chi connectivity index (χ3n) is 2.79. The summed E-state index contributed by atoms with van der Waals surface area (Å²) in [7, 11) is 0. The van der Waals surface area contributed by atoms with E-state index in [-0.39, 0.29) is 0 Å². The molecule has 1 fully saturated rings. The molecule has 14 heavy (non-hydrogen) atoms. The largest absolute Gasteiger partial charge is 0.301 e. The summed E-state index contributed by atoms with van der Waals surface area (Å²) in [6, 6.07) is 0. The first-order valence-electron chi connectivity index (χ1n) is 5.76. The van der Waals surface area contributed by atoms with Crippen LogP contribution < -0.4 is 0 Å². The quantitative estimate of drug-likeness (QED) is 0.514. The molecule has 0 radical (unpaired) electrons. The molecule has 84 valence electrons. The normalized spacial score (nSPS) is 24.0. The Morgan fingerprint density at radius 3 is 2.93 bits per heavy atom. The lowest BCUT2D eigenvalue weighted by molar-refractivity contribution is 0.275. The van der Waals surface area contributed by atoms with E-state index in [2.05, 4.69) is 23.6 Å². The van der Waals surface area contributed by atoms with Crippen LogP contribution in [0.15, 0.2) is 0 Å². The van der Waals surface area contributed by atoms with Gasteiger partial charge in [0.05, 0.1) is 0 Å². The van der Waals surface area contributed by atoms with Gasteiger partial charge in [-0.05, 0) is 25.8 Å². The first kappa shape index (κ1) is 12.7. The number of hydrogen-bond donors (Lipinski definition) is 0. The van der Waals surface area contributed by atoms with Gasteiger partial charge in [-0.2, -0.15) is 11.8 Å². The van der Waals surface area contributed by atoms with Crippen molar-refractivity contribution in [2.24, 2.45) is 0 Å². The summed E-state index contributed by atoms with van der Waals surface area (Å²) in [5, 5.41) is 0.886. The second-order valence-electron chi connectivity index (χ2n) is 3.95. The summed E-state index contributed by atoms with van der Waals surface area (Å²) in [5.41, 5.74) is 0. The summed E-state index contributed by atoms with van der Waals surface area (Å²) < 4.78 is 0. The molecule has 1 rings (SSSR count). The van der Waals surface area contributed by atoms with E-state index in [4.69, 9.17) is 11.6 Å². The van der Waals surface area contributed by atoms with Crippen LogP contribution in [-0.4, -0.2) is 41.4 Å². The minimum absolute atomic E-state index is 0.827. The van der Waals surface area contributed by atoms with Gasteiger partial charge < -0.3 is 4.90 Å². The van der Waals surface area contributed by atoms with Crippen LogP contribution in [0, 0.1) is 0 Å². The Hall–Kier alpha value is 0.600. The fraction of sp³-hybridized carbons (Fsp3) is 1.00. The monoisotopic (exact) mass is 235 g/mol. The maximum atomic E-state index is 5.65. The predicted octanol–water partition coefficient (Wildman–Crippen LogP) is 3.22. The van der Waals surface area contributed by atoms with Crippen molar-refractivity contribution in [3.05, 3.63) is 0 Å². The summed E-state index contributed by atoms with van der Waals surface area (Å²) in [6.45, 7) is 6.19. The topological polar surface area (TPSA) is 3.24 Å². The van der Waals surface area contributed by atoms with Crippen LogP contribution in [0.5, 0.6) is 0 Å². The summed E-state index contributed by atoms with van der Waals surface area (Å²) in [5.74, 6) is 2.15. The highest BCUT2D eigenvalue weighted by Crippen LogP contribution is 2.21. The molecule has 1 saturated heterocycles. The van der Waals surface area contributed by atoms with Crippen molar-refractivity contribution in [1.82, 2.24) is 4.90 Å². The van der Waals surface area contributed by atoms with Gasteiger partial charge in [0.2, 0.25) is 0 Å². The molecule has 1 unspecified atom stereocenters. The van der Waals surface area contributed by atoms with Crippen LogP contribution in [0.3, 0.4) is 0 Å². The van der Waals surface area contributed by atoms with E-state index < -0.39 is 0 Å². The van der Waals surface area contributed by atoms with Gasteiger partial charge in [-0.3, -0.25) is 0 Å². The van der Waals surface area contributed by atoms with Crippen molar-refractivity contribution in [2.75, 3.05) is 31.3 Å². The number of halogens is 1. The van der Waals surface area contributed by atoms with Crippen LogP contribution in [0.2, 0.25) is 0 Å². The molecule has 0 amide bonds. The molecule has 0 N–H and O–H groups in total. The number of hydrogen-bond acceptors (Lipinski definition) is 2. The fourth-order valence-electron chi connectivity index (χ4n) is 1.84. The van der Waals surface area contributed by atoms with Crippen LogP contribution in [0.1, 0.15) is 32.6 Å². The summed E-state index contributed by atoms with van der Waals surface area (Å²) in [6.07, 6.45) is 5.13. The van der Waals surface area contributed by atoms with Gasteiger partial charge in [-0.25, -0.2) is 0 Å². The summed E-state index contributed by atoms with van der Waals surface area (Å²) in [4.78, 5) is 2.62. The lowest BCUT2D eigenvalue weighted by Gasteiger charge is -2.31. The molecule has 1 atom stereocenters. The molecule has 1 nitrogen and oxygen atoms in total. The van der Waals surface area contributed by atoms with Crippen molar-refractivity contribution in [3.63, 3.8) is 0 Å². The Labute approximate surface area is 97.6 Å². The molecule has 3 heteroatoms. The van der Waals surface area contributed by atoms with Crippen LogP contribution >= 0.6 is 23.4 Å². The Morgan fingerprint density at radius 2 is 2.21 bits per heavy atom. The third-order valence-corrected chi connectivity index (χ3v) is 4.43. The molecule has 1 aliphatic rings. The van der Waals surface area contributed by atoms with Crippen LogP contribution in [0.4, 0.5) is 0 Å². The number of nitrogens with zero attached hydrogens (tertiary/aromatic N) is 1. The Balaban J connectivity index is 2.05. The molecule has 1 aliphatic heterocycles. The van der Waals surface area contributed by atoms with Gasteiger partial charge in [0, 0.05) is 30.0 Å².